The Hall–Kier alpha value is -2.53. The SMILES string of the molecule is COC(=O)c1cc2oc3cc(CO)ccc3c2cc1NC(C)C. The van der Waals surface area contributed by atoms with Crippen LogP contribution in [0.5, 0.6) is 0 Å². The number of nitrogens with one attached hydrogen (secondary N) is 1. The van der Waals surface area contributed by atoms with E-state index in [1.165, 1.54) is 7.11 Å². The minimum absolute atomic E-state index is 0.0411. The van der Waals surface area contributed by atoms with Gasteiger partial charge in [0.15, 0.2) is 0 Å². The molecule has 0 saturated carbocycles. The fourth-order valence-corrected chi connectivity index (χ4v) is 2.67. The number of hydrogen-bond donors (Lipinski definition) is 2. The number of rotatable bonds is 4. The molecule has 3 rings (SSSR count). The van der Waals surface area contributed by atoms with Crippen LogP contribution in [0.2, 0.25) is 0 Å². The average Bonchev–Trinajstić information content (AvgIpc) is 2.89. The zero-order valence-electron chi connectivity index (χ0n) is 13.3. The van der Waals surface area contributed by atoms with Crippen LogP contribution in [0.1, 0.15) is 29.8 Å². The van der Waals surface area contributed by atoms with E-state index < -0.39 is 5.97 Å². The van der Waals surface area contributed by atoms with E-state index in [4.69, 9.17) is 9.15 Å². The van der Waals surface area contributed by atoms with E-state index in [1.54, 1.807) is 6.07 Å². The summed E-state index contributed by atoms with van der Waals surface area (Å²) in [6, 6.07) is 9.37. The first kappa shape index (κ1) is 15.4. The predicted molar refractivity (Wildman–Crippen MR) is 89.7 cm³/mol. The van der Waals surface area contributed by atoms with E-state index in [9.17, 15) is 9.90 Å². The van der Waals surface area contributed by atoms with Gasteiger partial charge in [-0.1, -0.05) is 12.1 Å². The average molecular weight is 313 g/mol. The molecule has 120 valence electrons. The molecule has 5 heteroatoms. The predicted octanol–water partition coefficient (Wildman–Crippen LogP) is 3.69. The fraction of sp³-hybridized carbons (Fsp3) is 0.278. The maximum atomic E-state index is 12.0. The molecule has 0 saturated heterocycles. The number of anilines is 1. The number of benzene rings is 2. The Balaban J connectivity index is 2.26. The lowest BCUT2D eigenvalue weighted by Gasteiger charge is -2.13. The molecule has 0 spiro atoms. The number of furan rings is 1. The van der Waals surface area contributed by atoms with E-state index >= 15 is 0 Å². The largest absolute Gasteiger partial charge is 0.465 e. The second-order valence-corrected chi connectivity index (χ2v) is 5.78. The van der Waals surface area contributed by atoms with Crippen LogP contribution >= 0.6 is 0 Å². The monoisotopic (exact) mass is 313 g/mol. The van der Waals surface area contributed by atoms with Gasteiger partial charge in [-0.05, 0) is 37.6 Å². The van der Waals surface area contributed by atoms with Gasteiger partial charge in [0.2, 0.25) is 0 Å². The molecule has 0 aliphatic heterocycles. The van der Waals surface area contributed by atoms with Gasteiger partial charge in [0.25, 0.3) is 0 Å². The maximum Gasteiger partial charge on any atom is 0.340 e. The smallest absolute Gasteiger partial charge is 0.340 e. The van der Waals surface area contributed by atoms with Crippen LogP contribution < -0.4 is 5.32 Å². The van der Waals surface area contributed by atoms with Gasteiger partial charge < -0.3 is 19.6 Å². The number of carbonyl (C=O) groups excluding carboxylic acids is 1. The van der Waals surface area contributed by atoms with E-state index in [2.05, 4.69) is 5.32 Å². The summed E-state index contributed by atoms with van der Waals surface area (Å²) >= 11 is 0. The van der Waals surface area contributed by atoms with Crippen molar-refractivity contribution >= 4 is 33.6 Å². The van der Waals surface area contributed by atoms with E-state index in [1.807, 2.05) is 38.1 Å². The Morgan fingerprint density at radius 2 is 1.96 bits per heavy atom. The Kier molecular flexibility index (Phi) is 3.96. The molecule has 0 radical (unpaired) electrons. The second-order valence-electron chi connectivity index (χ2n) is 5.78. The van der Waals surface area contributed by atoms with Crippen molar-refractivity contribution in [3.05, 3.63) is 41.5 Å². The number of carbonyl (C=O) groups is 1. The zero-order chi connectivity index (χ0) is 16.6. The van der Waals surface area contributed by atoms with Crippen LogP contribution in [0.25, 0.3) is 21.9 Å². The molecule has 3 aromatic rings. The quantitative estimate of drug-likeness (QED) is 0.719. The first-order valence-electron chi connectivity index (χ1n) is 7.48. The van der Waals surface area contributed by atoms with Crippen molar-refractivity contribution in [1.82, 2.24) is 0 Å². The van der Waals surface area contributed by atoms with Gasteiger partial charge in [-0.3, -0.25) is 0 Å². The van der Waals surface area contributed by atoms with Gasteiger partial charge in [-0.15, -0.1) is 0 Å². The van der Waals surface area contributed by atoms with E-state index in [-0.39, 0.29) is 12.6 Å². The number of hydrogen-bond acceptors (Lipinski definition) is 5. The van der Waals surface area contributed by atoms with Crippen LogP contribution in [-0.4, -0.2) is 24.2 Å². The molecule has 0 fully saturated rings. The molecule has 1 heterocycles. The Morgan fingerprint density at radius 3 is 2.61 bits per heavy atom. The van der Waals surface area contributed by atoms with E-state index in [0.717, 1.165) is 16.3 Å². The Labute approximate surface area is 133 Å². The van der Waals surface area contributed by atoms with Crippen LogP contribution in [0.3, 0.4) is 0 Å². The van der Waals surface area contributed by atoms with Crippen LogP contribution in [0, 0.1) is 0 Å². The number of ether oxygens (including phenoxy) is 1. The lowest BCUT2D eigenvalue weighted by Crippen LogP contribution is -2.14. The summed E-state index contributed by atoms with van der Waals surface area (Å²) in [7, 11) is 1.36. The fourth-order valence-electron chi connectivity index (χ4n) is 2.67. The van der Waals surface area contributed by atoms with Gasteiger partial charge in [-0.25, -0.2) is 4.79 Å². The first-order valence-corrected chi connectivity index (χ1v) is 7.48. The van der Waals surface area contributed by atoms with E-state index in [0.29, 0.717) is 22.4 Å². The minimum Gasteiger partial charge on any atom is -0.465 e. The van der Waals surface area contributed by atoms with Gasteiger partial charge in [0.05, 0.1) is 19.3 Å². The number of aliphatic hydroxyl groups excluding tert-OH is 1. The number of methoxy groups -OCH3 is 1. The van der Waals surface area contributed by atoms with Gasteiger partial charge in [0, 0.05) is 22.5 Å². The molecule has 0 bridgehead atoms. The molecule has 2 aromatic carbocycles. The summed E-state index contributed by atoms with van der Waals surface area (Å²) in [5.41, 5.74) is 3.24. The molecule has 0 aliphatic carbocycles. The number of fused-ring (bicyclic) bond motifs is 3. The number of aliphatic hydroxyl groups is 1. The molecule has 0 unspecified atom stereocenters. The molecule has 1 aromatic heterocycles. The standard InChI is InChI=1S/C18H19NO4/c1-10(2)19-15-7-13-12-5-4-11(9-20)6-16(12)23-17(13)8-14(15)18(21)22-3/h4-8,10,19-20H,9H2,1-3H3. The second kappa shape index (κ2) is 5.93. The van der Waals surface area contributed by atoms with Crippen molar-refractivity contribution in [2.45, 2.75) is 26.5 Å². The van der Waals surface area contributed by atoms with Gasteiger partial charge in [-0.2, -0.15) is 0 Å². The van der Waals surface area contributed by atoms with Crippen molar-refractivity contribution < 1.29 is 19.1 Å². The topological polar surface area (TPSA) is 71.7 Å². The Bertz CT molecular complexity index is 879. The highest BCUT2D eigenvalue weighted by Crippen LogP contribution is 2.34. The molecule has 5 nitrogen and oxygen atoms in total. The third-order valence-corrected chi connectivity index (χ3v) is 3.71. The highest BCUT2D eigenvalue weighted by molar-refractivity contribution is 6.10. The molecular formula is C18H19NO4. The third kappa shape index (κ3) is 2.75. The lowest BCUT2D eigenvalue weighted by atomic mass is 10.1. The molecule has 0 atom stereocenters. The first-order chi connectivity index (χ1) is 11.0. The normalized spacial score (nSPS) is 11.3. The maximum absolute atomic E-state index is 12.0. The summed E-state index contributed by atoms with van der Waals surface area (Å²) in [6.45, 7) is 3.97. The van der Waals surface area contributed by atoms with Gasteiger partial charge >= 0.3 is 5.97 Å². The Morgan fingerprint density at radius 1 is 1.22 bits per heavy atom. The highest BCUT2D eigenvalue weighted by Gasteiger charge is 2.17. The lowest BCUT2D eigenvalue weighted by molar-refractivity contribution is 0.0602. The third-order valence-electron chi connectivity index (χ3n) is 3.71. The van der Waals surface area contributed by atoms with Crippen molar-refractivity contribution in [1.29, 1.82) is 0 Å². The number of esters is 1. The van der Waals surface area contributed by atoms with Crippen molar-refractivity contribution in [2.75, 3.05) is 12.4 Å². The summed E-state index contributed by atoms with van der Waals surface area (Å²) in [5, 5.41) is 14.4. The summed E-state index contributed by atoms with van der Waals surface area (Å²) in [5.74, 6) is -0.411. The van der Waals surface area contributed by atoms with Crippen molar-refractivity contribution in [3.63, 3.8) is 0 Å². The molecular weight excluding hydrogens is 294 g/mol. The highest BCUT2D eigenvalue weighted by atomic mass is 16.5. The van der Waals surface area contributed by atoms with Crippen molar-refractivity contribution in [2.24, 2.45) is 0 Å². The molecule has 0 amide bonds. The molecule has 0 aliphatic rings. The minimum atomic E-state index is -0.411. The van der Waals surface area contributed by atoms with Crippen LogP contribution in [-0.2, 0) is 11.3 Å². The summed E-state index contributed by atoms with van der Waals surface area (Å²) in [6.07, 6.45) is 0. The van der Waals surface area contributed by atoms with Gasteiger partial charge in [0.1, 0.15) is 11.2 Å². The molecule has 23 heavy (non-hydrogen) atoms. The summed E-state index contributed by atoms with van der Waals surface area (Å²) in [4.78, 5) is 12.0. The van der Waals surface area contributed by atoms with Crippen LogP contribution in [0.15, 0.2) is 34.7 Å². The van der Waals surface area contributed by atoms with Crippen LogP contribution in [0.4, 0.5) is 5.69 Å². The zero-order valence-corrected chi connectivity index (χ0v) is 13.3. The molecule has 2 N–H and O–H groups in total. The van der Waals surface area contributed by atoms with Crippen molar-refractivity contribution in [3.8, 4) is 0 Å². The summed E-state index contributed by atoms with van der Waals surface area (Å²) < 4.78 is 10.7.